The lowest BCUT2D eigenvalue weighted by Gasteiger charge is -2.05. The molecule has 0 bridgehead atoms. The smallest absolute Gasteiger partial charge is 0.181 e. The maximum absolute atomic E-state index is 5.68. The van der Waals surface area contributed by atoms with E-state index in [9.17, 15) is 0 Å². The van der Waals surface area contributed by atoms with Gasteiger partial charge in [-0.1, -0.05) is 12.1 Å². The van der Waals surface area contributed by atoms with Crippen molar-refractivity contribution in [3.8, 4) is 11.4 Å². The second-order valence-electron chi connectivity index (χ2n) is 5.27. The molecule has 0 fully saturated rings. The monoisotopic (exact) mass is 293 g/mol. The number of rotatable bonds is 5. The van der Waals surface area contributed by atoms with E-state index in [1.807, 2.05) is 30.3 Å². The normalized spacial score (nSPS) is 10.6. The molecule has 0 amide bonds. The van der Waals surface area contributed by atoms with Gasteiger partial charge in [0.05, 0.1) is 0 Å². The Hall–Kier alpha value is -2.82. The van der Waals surface area contributed by atoms with Crippen molar-refractivity contribution in [3.63, 3.8) is 0 Å². The zero-order valence-electron chi connectivity index (χ0n) is 12.5. The summed E-state index contributed by atoms with van der Waals surface area (Å²) in [4.78, 5) is 4.51. The van der Waals surface area contributed by atoms with Gasteiger partial charge in [-0.3, -0.25) is 5.10 Å². The standard InChI is InChI=1S/C17H19N5/c1-12-3-2-4-15(11-12)19-10-9-16-20-17(22-21-16)13-5-7-14(18)8-6-13/h2-8,11,19H,9-10,18H2,1H3,(H,20,21,22). The van der Waals surface area contributed by atoms with Crippen LogP contribution in [0.2, 0.25) is 0 Å². The van der Waals surface area contributed by atoms with Crippen molar-refractivity contribution in [1.29, 1.82) is 0 Å². The van der Waals surface area contributed by atoms with Gasteiger partial charge in [0, 0.05) is 29.9 Å². The number of benzene rings is 2. The molecule has 0 aliphatic heterocycles. The molecule has 4 N–H and O–H groups in total. The highest BCUT2D eigenvalue weighted by Gasteiger charge is 2.05. The van der Waals surface area contributed by atoms with Crippen molar-refractivity contribution in [2.45, 2.75) is 13.3 Å². The van der Waals surface area contributed by atoms with Crippen molar-refractivity contribution in [3.05, 3.63) is 59.9 Å². The van der Waals surface area contributed by atoms with Gasteiger partial charge < -0.3 is 11.1 Å². The third kappa shape index (κ3) is 3.44. The zero-order valence-corrected chi connectivity index (χ0v) is 12.5. The molecule has 1 aromatic heterocycles. The first-order valence-electron chi connectivity index (χ1n) is 7.28. The summed E-state index contributed by atoms with van der Waals surface area (Å²) in [5.41, 5.74) is 9.75. The lowest BCUT2D eigenvalue weighted by atomic mass is 10.2. The Balaban J connectivity index is 1.59. The fourth-order valence-electron chi connectivity index (χ4n) is 2.25. The Morgan fingerprint density at radius 3 is 2.73 bits per heavy atom. The maximum atomic E-state index is 5.68. The molecule has 3 aromatic rings. The largest absolute Gasteiger partial charge is 0.399 e. The van der Waals surface area contributed by atoms with E-state index in [1.165, 1.54) is 5.56 Å². The molecule has 0 aliphatic carbocycles. The third-order valence-corrected chi connectivity index (χ3v) is 3.41. The minimum absolute atomic E-state index is 0.700. The summed E-state index contributed by atoms with van der Waals surface area (Å²) in [6.07, 6.45) is 0.788. The van der Waals surface area contributed by atoms with E-state index in [0.29, 0.717) is 5.82 Å². The van der Waals surface area contributed by atoms with Gasteiger partial charge in [0.2, 0.25) is 0 Å². The number of hydrogen-bond donors (Lipinski definition) is 3. The van der Waals surface area contributed by atoms with E-state index >= 15 is 0 Å². The lowest BCUT2D eigenvalue weighted by Crippen LogP contribution is -2.06. The summed E-state index contributed by atoms with van der Waals surface area (Å²) >= 11 is 0. The Morgan fingerprint density at radius 1 is 1.14 bits per heavy atom. The van der Waals surface area contributed by atoms with Gasteiger partial charge in [-0.25, -0.2) is 4.98 Å². The Bertz CT molecular complexity index is 746. The molecule has 2 aromatic carbocycles. The molecule has 5 heteroatoms. The van der Waals surface area contributed by atoms with E-state index in [0.717, 1.165) is 35.7 Å². The summed E-state index contributed by atoms with van der Waals surface area (Å²) in [7, 11) is 0. The zero-order chi connectivity index (χ0) is 15.4. The predicted octanol–water partition coefficient (Wildman–Crippen LogP) is 3.02. The van der Waals surface area contributed by atoms with Crippen LogP contribution in [0.3, 0.4) is 0 Å². The second-order valence-corrected chi connectivity index (χ2v) is 5.27. The van der Waals surface area contributed by atoms with Crippen LogP contribution in [-0.2, 0) is 6.42 Å². The van der Waals surface area contributed by atoms with Crippen molar-refractivity contribution in [1.82, 2.24) is 15.2 Å². The van der Waals surface area contributed by atoms with Gasteiger partial charge in [-0.05, 0) is 48.9 Å². The van der Waals surface area contributed by atoms with Crippen LogP contribution in [-0.4, -0.2) is 21.7 Å². The van der Waals surface area contributed by atoms with Crippen LogP contribution in [0.15, 0.2) is 48.5 Å². The molecule has 0 atom stereocenters. The van der Waals surface area contributed by atoms with Crippen LogP contribution < -0.4 is 11.1 Å². The maximum Gasteiger partial charge on any atom is 0.181 e. The van der Waals surface area contributed by atoms with Gasteiger partial charge in [0.1, 0.15) is 5.82 Å². The van der Waals surface area contributed by atoms with Crippen LogP contribution in [0.4, 0.5) is 11.4 Å². The van der Waals surface area contributed by atoms with Crippen molar-refractivity contribution in [2.75, 3.05) is 17.6 Å². The SMILES string of the molecule is Cc1cccc(NCCc2nc(-c3ccc(N)cc3)n[nH]2)c1. The molecule has 112 valence electrons. The molecular formula is C17H19N5. The number of aryl methyl sites for hydroxylation is 1. The Kier molecular flexibility index (Phi) is 4.05. The Morgan fingerprint density at radius 2 is 1.95 bits per heavy atom. The molecule has 1 heterocycles. The lowest BCUT2D eigenvalue weighted by molar-refractivity contribution is 0.901. The highest BCUT2D eigenvalue weighted by Crippen LogP contribution is 2.16. The van der Waals surface area contributed by atoms with Crippen LogP contribution in [0.1, 0.15) is 11.4 Å². The van der Waals surface area contributed by atoms with Crippen LogP contribution >= 0.6 is 0 Å². The summed E-state index contributed by atoms with van der Waals surface area (Å²) in [6, 6.07) is 15.9. The van der Waals surface area contributed by atoms with Crippen molar-refractivity contribution in [2.24, 2.45) is 0 Å². The van der Waals surface area contributed by atoms with Gasteiger partial charge in [-0.2, -0.15) is 5.10 Å². The molecule has 0 saturated carbocycles. The first-order chi connectivity index (χ1) is 10.7. The van der Waals surface area contributed by atoms with Gasteiger partial charge >= 0.3 is 0 Å². The third-order valence-electron chi connectivity index (χ3n) is 3.41. The minimum atomic E-state index is 0.700. The van der Waals surface area contributed by atoms with E-state index in [2.05, 4.69) is 45.6 Å². The van der Waals surface area contributed by atoms with E-state index in [4.69, 9.17) is 5.73 Å². The quantitative estimate of drug-likeness (QED) is 0.632. The fraction of sp³-hybridized carbons (Fsp3) is 0.176. The number of aromatic amines is 1. The highest BCUT2D eigenvalue weighted by molar-refractivity contribution is 5.58. The van der Waals surface area contributed by atoms with E-state index < -0.39 is 0 Å². The van der Waals surface area contributed by atoms with E-state index in [1.54, 1.807) is 0 Å². The summed E-state index contributed by atoms with van der Waals surface area (Å²) in [5, 5.41) is 10.6. The first kappa shape index (κ1) is 14.1. The Labute approximate surface area is 129 Å². The van der Waals surface area contributed by atoms with Crippen LogP contribution in [0.25, 0.3) is 11.4 Å². The number of nitrogen functional groups attached to an aromatic ring is 1. The average molecular weight is 293 g/mol. The molecule has 3 rings (SSSR count). The predicted molar refractivity (Wildman–Crippen MR) is 89.6 cm³/mol. The minimum Gasteiger partial charge on any atom is -0.399 e. The molecule has 0 spiro atoms. The number of anilines is 2. The summed E-state index contributed by atoms with van der Waals surface area (Å²) < 4.78 is 0. The molecule has 0 aliphatic rings. The van der Waals surface area contributed by atoms with Crippen molar-refractivity contribution < 1.29 is 0 Å². The van der Waals surface area contributed by atoms with Crippen LogP contribution in [0.5, 0.6) is 0 Å². The topological polar surface area (TPSA) is 79.6 Å². The number of nitrogens with two attached hydrogens (primary N) is 1. The molecule has 0 radical (unpaired) electrons. The first-order valence-corrected chi connectivity index (χ1v) is 7.28. The molecule has 0 saturated heterocycles. The number of nitrogens with zero attached hydrogens (tertiary/aromatic N) is 2. The number of hydrogen-bond acceptors (Lipinski definition) is 4. The van der Waals surface area contributed by atoms with E-state index in [-0.39, 0.29) is 0 Å². The van der Waals surface area contributed by atoms with Gasteiger partial charge in [-0.15, -0.1) is 0 Å². The number of nitrogens with one attached hydrogen (secondary N) is 2. The molecule has 0 unspecified atom stereocenters. The summed E-state index contributed by atoms with van der Waals surface area (Å²) in [5.74, 6) is 1.57. The van der Waals surface area contributed by atoms with Crippen LogP contribution in [0, 0.1) is 6.92 Å². The molecular weight excluding hydrogens is 274 g/mol. The fourth-order valence-corrected chi connectivity index (χ4v) is 2.25. The second kappa shape index (κ2) is 6.30. The van der Waals surface area contributed by atoms with Gasteiger partial charge in [0.25, 0.3) is 0 Å². The highest BCUT2D eigenvalue weighted by atomic mass is 15.2. The molecule has 22 heavy (non-hydrogen) atoms. The molecule has 5 nitrogen and oxygen atoms in total. The number of H-pyrrole nitrogens is 1. The number of aromatic nitrogens is 3. The van der Waals surface area contributed by atoms with Gasteiger partial charge in [0.15, 0.2) is 5.82 Å². The average Bonchev–Trinajstić information content (AvgIpc) is 2.97. The summed E-state index contributed by atoms with van der Waals surface area (Å²) in [6.45, 7) is 2.89. The van der Waals surface area contributed by atoms with Crippen molar-refractivity contribution >= 4 is 11.4 Å².